The van der Waals surface area contributed by atoms with Crippen LogP contribution in [0, 0.1) is 0 Å². The van der Waals surface area contributed by atoms with Crippen molar-refractivity contribution in [1.29, 1.82) is 0 Å². The Labute approximate surface area is 159 Å². The molecule has 0 atom stereocenters. The SMILES string of the molecule is CC(=O)Nc1ccc(C=NNC(=O)CNC(=O)c2ccccc2Br)cc1. The van der Waals surface area contributed by atoms with Gasteiger partial charge in [0, 0.05) is 17.1 Å². The molecule has 0 saturated carbocycles. The molecule has 0 aliphatic heterocycles. The van der Waals surface area contributed by atoms with E-state index in [9.17, 15) is 14.4 Å². The Bertz CT molecular complexity index is 835. The van der Waals surface area contributed by atoms with Crippen LogP contribution in [0.4, 0.5) is 5.69 Å². The molecular weight excluding hydrogens is 400 g/mol. The molecule has 3 amide bonds. The Kier molecular flexibility index (Phi) is 7.04. The minimum Gasteiger partial charge on any atom is -0.343 e. The van der Waals surface area contributed by atoms with Crippen molar-refractivity contribution in [3.8, 4) is 0 Å². The van der Waals surface area contributed by atoms with E-state index >= 15 is 0 Å². The van der Waals surface area contributed by atoms with Crippen LogP contribution in [0.25, 0.3) is 0 Å². The predicted octanol–water partition coefficient (Wildman–Crippen LogP) is 2.29. The number of hydrazone groups is 1. The first kappa shape index (κ1) is 19.3. The fraction of sp³-hybridized carbons (Fsp3) is 0.111. The minimum absolute atomic E-state index is 0.150. The van der Waals surface area contributed by atoms with E-state index in [-0.39, 0.29) is 18.4 Å². The van der Waals surface area contributed by atoms with Gasteiger partial charge in [-0.15, -0.1) is 0 Å². The van der Waals surface area contributed by atoms with Gasteiger partial charge in [0.15, 0.2) is 0 Å². The summed E-state index contributed by atoms with van der Waals surface area (Å²) in [6, 6.07) is 13.9. The number of halogens is 1. The summed E-state index contributed by atoms with van der Waals surface area (Å²) in [5.41, 5.74) is 4.20. The van der Waals surface area contributed by atoms with Gasteiger partial charge in [0.1, 0.15) is 0 Å². The molecule has 2 aromatic carbocycles. The quantitative estimate of drug-likeness (QED) is 0.497. The molecule has 0 radical (unpaired) electrons. The van der Waals surface area contributed by atoms with Gasteiger partial charge in [-0.3, -0.25) is 14.4 Å². The van der Waals surface area contributed by atoms with Crippen molar-refractivity contribution >= 4 is 45.6 Å². The van der Waals surface area contributed by atoms with Gasteiger partial charge < -0.3 is 10.6 Å². The van der Waals surface area contributed by atoms with Crippen molar-refractivity contribution in [2.75, 3.05) is 11.9 Å². The molecule has 0 aliphatic carbocycles. The highest BCUT2D eigenvalue weighted by molar-refractivity contribution is 9.10. The molecule has 134 valence electrons. The van der Waals surface area contributed by atoms with Crippen molar-refractivity contribution in [3.63, 3.8) is 0 Å². The first-order valence-corrected chi connectivity index (χ1v) is 8.47. The van der Waals surface area contributed by atoms with Crippen LogP contribution in [0.3, 0.4) is 0 Å². The highest BCUT2D eigenvalue weighted by atomic mass is 79.9. The molecule has 0 aliphatic rings. The summed E-state index contributed by atoms with van der Waals surface area (Å²) in [5, 5.41) is 9.00. The van der Waals surface area contributed by atoms with Crippen LogP contribution in [0.5, 0.6) is 0 Å². The number of carbonyl (C=O) groups is 3. The topological polar surface area (TPSA) is 99.7 Å². The molecule has 0 unspecified atom stereocenters. The van der Waals surface area contributed by atoms with Crippen LogP contribution in [0.15, 0.2) is 58.1 Å². The van der Waals surface area contributed by atoms with Crippen molar-refractivity contribution in [3.05, 3.63) is 64.1 Å². The van der Waals surface area contributed by atoms with Crippen LogP contribution < -0.4 is 16.1 Å². The number of nitrogens with zero attached hydrogens (tertiary/aromatic N) is 1. The molecule has 2 aromatic rings. The van der Waals surface area contributed by atoms with Crippen molar-refractivity contribution < 1.29 is 14.4 Å². The smallest absolute Gasteiger partial charge is 0.259 e. The summed E-state index contributed by atoms with van der Waals surface area (Å²) in [5.74, 6) is -0.954. The molecule has 0 spiro atoms. The van der Waals surface area contributed by atoms with Crippen LogP contribution in [0.2, 0.25) is 0 Å². The Hall–Kier alpha value is -3.00. The first-order chi connectivity index (χ1) is 12.5. The lowest BCUT2D eigenvalue weighted by atomic mass is 10.2. The Morgan fingerprint density at radius 1 is 1.08 bits per heavy atom. The molecule has 0 heterocycles. The zero-order valence-electron chi connectivity index (χ0n) is 14.0. The largest absolute Gasteiger partial charge is 0.343 e. The highest BCUT2D eigenvalue weighted by Crippen LogP contribution is 2.15. The molecule has 0 saturated heterocycles. The van der Waals surface area contributed by atoms with E-state index in [0.717, 1.165) is 5.56 Å². The molecule has 0 fully saturated rings. The summed E-state index contributed by atoms with van der Waals surface area (Å²) in [6.07, 6.45) is 1.46. The van der Waals surface area contributed by atoms with E-state index in [1.54, 1.807) is 48.5 Å². The molecule has 2 rings (SSSR count). The minimum atomic E-state index is -0.448. The normalized spacial score (nSPS) is 10.4. The lowest BCUT2D eigenvalue weighted by molar-refractivity contribution is -0.120. The lowest BCUT2D eigenvalue weighted by Gasteiger charge is -2.05. The number of rotatable bonds is 6. The molecule has 8 heteroatoms. The maximum Gasteiger partial charge on any atom is 0.259 e. The number of nitrogens with one attached hydrogen (secondary N) is 3. The average Bonchev–Trinajstić information content (AvgIpc) is 2.61. The number of hydrogen-bond acceptors (Lipinski definition) is 4. The summed E-state index contributed by atoms with van der Waals surface area (Å²) < 4.78 is 0.652. The maximum atomic E-state index is 12.0. The number of benzene rings is 2. The molecule has 7 nitrogen and oxygen atoms in total. The molecular formula is C18H17BrN4O3. The van der Waals surface area contributed by atoms with Crippen LogP contribution in [-0.2, 0) is 9.59 Å². The maximum absolute atomic E-state index is 12.0. The van der Waals surface area contributed by atoms with Crippen LogP contribution >= 0.6 is 15.9 Å². The molecule has 0 aromatic heterocycles. The number of carbonyl (C=O) groups excluding carboxylic acids is 3. The van der Waals surface area contributed by atoms with E-state index in [2.05, 4.69) is 37.1 Å². The van der Waals surface area contributed by atoms with Crippen LogP contribution in [0.1, 0.15) is 22.8 Å². The number of amides is 3. The van der Waals surface area contributed by atoms with Gasteiger partial charge in [-0.2, -0.15) is 5.10 Å². The molecule has 26 heavy (non-hydrogen) atoms. The number of anilines is 1. The average molecular weight is 417 g/mol. The van der Waals surface area contributed by atoms with Crippen molar-refractivity contribution in [1.82, 2.24) is 10.7 Å². The van der Waals surface area contributed by atoms with Crippen LogP contribution in [-0.4, -0.2) is 30.5 Å². The second kappa shape index (κ2) is 9.47. The fourth-order valence-corrected chi connectivity index (χ4v) is 2.44. The van der Waals surface area contributed by atoms with E-state index in [1.165, 1.54) is 13.1 Å². The fourth-order valence-electron chi connectivity index (χ4n) is 1.98. The first-order valence-electron chi connectivity index (χ1n) is 7.68. The van der Waals surface area contributed by atoms with E-state index in [0.29, 0.717) is 15.7 Å². The monoisotopic (exact) mass is 416 g/mol. The summed E-state index contributed by atoms with van der Waals surface area (Å²) in [7, 11) is 0. The van der Waals surface area contributed by atoms with Crippen molar-refractivity contribution in [2.45, 2.75) is 6.92 Å². The van der Waals surface area contributed by atoms with Crippen molar-refractivity contribution in [2.24, 2.45) is 5.10 Å². The molecule has 0 bridgehead atoms. The van der Waals surface area contributed by atoms with E-state index < -0.39 is 5.91 Å². The zero-order valence-corrected chi connectivity index (χ0v) is 15.5. The predicted molar refractivity (Wildman–Crippen MR) is 103 cm³/mol. The van der Waals surface area contributed by atoms with E-state index in [4.69, 9.17) is 0 Å². The second-order valence-corrected chi connectivity index (χ2v) is 6.11. The summed E-state index contributed by atoms with van der Waals surface area (Å²) in [4.78, 5) is 34.7. The number of hydrogen-bond donors (Lipinski definition) is 3. The Morgan fingerprint density at radius 2 is 1.77 bits per heavy atom. The van der Waals surface area contributed by atoms with E-state index in [1.807, 2.05) is 0 Å². The van der Waals surface area contributed by atoms with Gasteiger partial charge in [-0.05, 0) is 45.8 Å². The van der Waals surface area contributed by atoms with Gasteiger partial charge in [0.2, 0.25) is 5.91 Å². The third-order valence-corrected chi connectivity index (χ3v) is 3.85. The zero-order chi connectivity index (χ0) is 18.9. The third-order valence-electron chi connectivity index (χ3n) is 3.16. The lowest BCUT2D eigenvalue weighted by Crippen LogP contribution is -2.35. The van der Waals surface area contributed by atoms with Gasteiger partial charge in [-0.25, -0.2) is 5.43 Å². The Balaban J connectivity index is 1.79. The summed E-state index contributed by atoms with van der Waals surface area (Å²) in [6.45, 7) is 1.24. The summed E-state index contributed by atoms with van der Waals surface area (Å²) >= 11 is 3.28. The third kappa shape index (κ3) is 6.14. The highest BCUT2D eigenvalue weighted by Gasteiger charge is 2.10. The molecule has 3 N–H and O–H groups in total. The second-order valence-electron chi connectivity index (χ2n) is 5.26. The standard InChI is InChI=1S/C18H17BrN4O3/c1-12(24)22-14-8-6-13(7-9-14)10-21-23-17(25)11-20-18(26)15-4-2-3-5-16(15)19/h2-10H,11H2,1H3,(H,20,26)(H,22,24)(H,23,25). The Morgan fingerprint density at radius 3 is 2.42 bits per heavy atom. The van der Waals surface area contributed by atoms with Gasteiger partial charge in [0.25, 0.3) is 11.8 Å². The van der Waals surface area contributed by atoms with Gasteiger partial charge >= 0.3 is 0 Å². The van der Waals surface area contributed by atoms with Gasteiger partial charge in [-0.1, -0.05) is 24.3 Å². The van der Waals surface area contributed by atoms with Gasteiger partial charge in [0.05, 0.1) is 18.3 Å².